The van der Waals surface area contributed by atoms with E-state index in [1.807, 2.05) is 31.2 Å². The van der Waals surface area contributed by atoms with E-state index in [0.29, 0.717) is 16.5 Å². The van der Waals surface area contributed by atoms with E-state index in [1.165, 1.54) is 6.07 Å². The number of nitrogens with zero attached hydrogens (tertiary/aromatic N) is 3. The van der Waals surface area contributed by atoms with E-state index in [4.69, 9.17) is 5.73 Å². The third kappa shape index (κ3) is 4.59. The number of rotatable bonds is 5. The molecular formula is C28H22N4O3S. The molecule has 0 aliphatic rings. The average Bonchev–Trinajstić information content (AvgIpc) is 2.88. The third-order valence-electron chi connectivity index (χ3n) is 5.86. The maximum absolute atomic E-state index is 11.9. The molecule has 0 unspecified atom stereocenters. The van der Waals surface area contributed by atoms with Crippen LogP contribution < -0.4 is 5.73 Å². The molecule has 7 nitrogen and oxygen atoms in total. The first-order valence-electron chi connectivity index (χ1n) is 11.1. The lowest BCUT2D eigenvalue weighted by molar-refractivity contribution is 0.484. The van der Waals surface area contributed by atoms with Gasteiger partial charge in [-0.1, -0.05) is 72.3 Å². The highest BCUT2D eigenvalue weighted by Gasteiger charge is 2.18. The van der Waals surface area contributed by atoms with Crippen LogP contribution >= 0.6 is 0 Å². The van der Waals surface area contributed by atoms with Crippen molar-refractivity contribution in [1.82, 2.24) is 4.98 Å². The molecule has 1 heterocycles. The molecule has 1 aromatic heterocycles. The van der Waals surface area contributed by atoms with Crippen molar-refractivity contribution in [3.05, 3.63) is 103 Å². The third-order valence-corrected chi connectivity index (χ3v) is 6.75. The van der Waals surface area contributed by atoms with Gasteiger partial charge in [-0.2, -0.15) is 8.42 Å². The van der Waals surface area contributed by atoms with E-state index < -0.39 is 10.1 Å². The number of hydrogen-bond acceptors (Lipinski definition) is 6. The van der Waals surface area contributed by atoms with Crippen LogP contribution in [0.2, 0.25) is 0 Å². The fraction of sp³-hybridized carbons (Fsp3) is 0.0357. The first kappa shape index (κ1) is 23.3. The zero-order chi connectivity index (χ0) is 25.3. The summed E-state index contributed by atoms with van der Waals surface area (Å²) < 4.78 is 33.6. The fourth-order valence-corrected chi connectivity index (χ4v) is 4.82. The number of benzene rings is 4. The molecule has 178 valence electrons. The van der Waals surface area contributed by atoms with Gasteiger partial charge in [0.1, 0.15) is 16.3 Å². The molecule has 0 aliphatic heterocycles. The minimum absolute atomic E-state index is 0.135. The molecule has 0 spiro atoms. The summed E-state index contributed by atoms with van der Waals surface area (Å²) in [5.41, 5.74) is 12.2. The number of hydrogen-bond donors (Lipinski definition) is 2. The number of aryl methyl sites for hydroxylation is 1. The lowest BCUT2D eigenvalue weighted by Crippen LogP contribution is -2.01. The predicted octanol–water partition coefficient (Wildman–Crippen LogP) is 7.12. The molecule has 0 saturated carbocycles. The number of nitrogens with two attached hydrogens (primary N) is 1. The van der Waals surface area contributed by atoms with Gasteiger partial charge in [0, 0.05) is 16.3 Å². The quantitative estimate of drug-likeness (QED) is 0.153. The van der Waals surface area contributed by atoms with Crippen molar-refractivity contribution in [2.45, 2.75) is 11.8 Å². The summed E-state index contributed by atoms with van der Waals surface area (Å²) in [6.07, 6.45) is 1.59. The highest BCUT2D eigenvalue weighted by Crippen LogP contribution is 2.37. The lowest BCUT2D eigenvalue weighted by Gasteiger charge is -2.11. The smallest absolute Gasteiger partial charge is 0.295 e. The molecule has 3 N–H and O–H groups in total. The van der Waals surface area contributed by atoms with Crippen molar-refractivity contribution in [3.8, 4) is 22.4 Å². The molecule has 5 aromatic rings. The first-order chi connectivity index (χ1) is 17.3. The monoisotopic (exact) mass is 494 g/mol. The van der Waals surface area contributed by atoms with Crippen LogP contribution in [0.5, 0.6) is 0 Å². The van der Waals surface area contributed by atoms with Crippen molar-refractivity contribution in [3.63, 3.8) is 0 Å². The highest BCUT2D eigenvalue weighted by atomic mass is 32.2. The number of fused-ring (bicyclic) bond motifs is 1. The average molecular weight is 495 g/mol. The largest absolute Gasteiger partial charge is 0.396 e. The first-order valence-corrected chi connectivity index (χ1v) is 12.6. The van der Waals surface area contributed by atoms with Crippen molar-refractivity contribution in [2.75, 3.05) is 5.73 Å². The summed E-state index contributed by atoms with van der Waals surface area (Å²) in [6, 6.07) is 27.9. The summed E-state index contributed by atoms with van der Waals surface area (Å²) in [5, 5.41) is 9.15. The number of anilines is 1. The van der Waals surface area contributed by atoms with Gasteiger partial charge < -0.3 is 5.73 Å². The Morgan fingerprint density at radius 2 is 1.53 bits per heavy atom. The molecule has 0 bridgehead atoms. The van der Waals surface area contributed by atoms with Crippen LogP contribution in [0.25, 0.3) is 33.2 Å². The van der Waals surface area contributed by atoms with Gasteiger partial charge in [-0.15, -0.1) is 10.2 Å². The van der Waals surface area contributed by atoms with Crippen molar-refractivity contribution in [2.24, 2.45) is 10.2 Å². The zero-order valence-electron chi connectivity index (χ0n) is 19.3. The van der Waals surface area contributed by atoms with E-state index in [0.717, 1.165) is 27.9 Å². The van der Waals surface area contributed by atoms with Gasteiger partial charge in [-0.05, 0) is 42.3 Å². The summed E-state index contributed by atoms with van der Waals surface area (Å²) >= 11 is 0. The number of pyridine rings is 1. The van der Waals surface area contributed by atoms with Gasteiger partial charge in [0.25, 0.3) is 10.1 Å². The minimum atomic E-state index is -4.49. The van der Waals surface area contributed by atoms with E-state index in [1.54, 1.807) is 36.5 Å². The van der Waals surface area contributed by atoms with Crippen LogP contribution in [0.3, 0.4) is 0 Å². The maximum atomic E-state index is 11.9. The van der Waals surface area contributed by atoms with E-state index >= 15 is 0 Å². The van der Waals surface area contributed by atoms with Crippen LogP contribution in [-0.2, 0) is 10.1 Å². The molecule has 36 heavy (non-hydrogen) atoms. The minimum Gasteiger partial charge on any atom is -0.396 e. The molecule has 0 aliphatic carbocycles. The van der Waals surface area contributed by atoms with Crippen molar-refractivity contribution >= 4 is 38.0 Å². The van der Waals surface area contributed by atoms with Gasteiger partial charge in [0.05, 0.1) is 17.6 Å². The zero-order valence-corrected chi connectivity index (χ0v) is 20.1. The second-order valence-corrected chi connectivity index (χ2v) is 9.73. The molecule has 0 atom stereocenters. The maximum Gasteiger partial charge on any atom is 0.295 e. The Kier molecular flexibility index (Phi) is 6.05. The Morgan fingerprint density at radius 3 is 2.22 bits per heavy atom. The predicted molar refractivity (Wildman–Crippen MR) is 142 cm³/mol. The fourth-order valence-electron chi connectivity index (χ4n) is 4.10. The summed E-state index contributed by atoms with van der Waals surface area (Å²) in [5.74, 6) is 0. The standard InChI is InChI=1S/C28H22N4O3S/c1-18-11-13-21(19-7-3-2-4-8-19)24(15-18)25-14-12-20(17-30-25)31-32-26-16-27(36(33,34)35)22-9-5-6-10-23(22)28(26)29/h2-17H,29H2,1H3,(H,33,34,35)/b32-31+. The number of nitrogen functional groups attached to an aromatic ring is 1. The molecule has 8 heteroatoms. The Bertz CT molecular complexity index is 1720. The Hall–Kier alpha value is -4.40. The van der Waals surface area contributed by atoms with Gasteiger partial charge >= 0.3 is 0 Å². The molecule has 0 amide bonds. The summed E-state index contributed by atoms with van der Waals surface area (Å²) in [6.45, 7) is 2.04. The molecule has 0 radical (unpaired) electrons. The Balaban J connectivity index is 1.51. The molecular weight excluding hydrogens is 472 g/mol. The lowest BCUT2D eigenvalue weighted by atomic mass is 9.95. The van der Waals surface area contributed by atoms with E-state index in [9.17, 15) is 13.0 Å². The topological polar surface area (TPSA) is 118 Å². The van der Waals surface area contributed by atoms with Gasteiger partial charge in [0.2, 0.25) is 0 Å². The van der Waals surface area contributed by atoms with Crippen LogP contribution in [0, 0.1) is 6.92 Å². The second-order valence-electron chi connectivity index (χ2n) is 8.34. The van der Waals surface area contributed by atoms with Crippen LogP contribution in [-0.4, -0.2) is 18.0 Å². The van der Waals surface area contributed by atoms with Crippen LogP contribution in [0.15, 0.2) is 112 Å². The Morgan fingerprint density at radius 1 is 0.806 bits per heavy atom. The summed E-state index contributed by atoms with van der Waals surface area (Å²) in [7, 11) is -4.49. The van der Waals surface area contributed by atoms with E-state index in [2.05, 4.69) is 45.5 Å². The molecule has 0 fully saturated rings. The van der Waals surface area contributed by atoms with Crippen LogP contribution in [0.1, 0.15) is 5.56 Å². The van der Waals surface area contributed by atoms with Crippen molar-refractivity contribution < 1.29 is 13.0 Å². The van der Waals surface area contributed by atoms with Crippen LogP contribution in [0.4, 0.5) is 17.1 Å². The highest BCUT2D eigenvalue weighted by molar-refractivity contribution is 7.86. The van der Waals surface area contributed by atoms with E-state index in [-0.39, 0.29) is 16.3 Å². The van der Waals surface area contributed by atoms with Gasteiger partial charge in [-0.3, -0.25) is 9.54 Å². The SMILES string of the molecule is Cc1ccc(-c2ccccc2)c(-c2ccc(/N=N/c3cc(S(=O)(=O)O)c4ccccc4c3N)cn2)c1. The molecule has 5 rings (SSSR count). The summed E-state index contributed by atoms with van der Waals surface area (Å²) in [4.78, 5) is 4.32. The molecule has 0 saturated heterocycles. The number of aromatic nitrogens is 1. The van der Waals surface area contributed by atoms with Gasteiger partial charge in [-0.25, -0.2) is 0 Å². The normalized spacial score (nSPS) is 11.8. The van der Waals surface area contributed by atoms with Gasteiger partial charge in [0.15, 0.2) is 0 Å². The van der Waals surface area contributed by atoms with Crippen molar-refractivity contribution in [1.29, 1.82) is 0 Å². The second kappa shape index (κ2) is 9.33. The molecule has 4 aromatic carbocycles. The Labute approximate surface area is 208 Å². The number of azo groups is 1.